The zero-order valence-electron chi connectivity index (χ0n) is 16.2. The maximum atomic E-state index is 12.9. The van der Waals surface area contributed by atoms with E-state index in [2.05, 4.69) is 31.1 Å². The molecule has 0 aliphatic carbocycles. The number of halogens is 1. The summed E-state index contributed by atoms with van der Waals surface area (Å²) in [4.78, 5) is 32.4. The fraction of sp³-hybridized carbons (Fsp3) is 0.174. The molecule has 1 amide bonds. The first kappa shape index (κ1) is 20.3. The summed E-state index contributed by atoms with van der Waals surface area (Å²) < 4.78 is 6.25. The van der Waals surface area contributed by atoms with Gasteiger partial charge in [-0.2, -0.15) is 0 Å². The highest BCUT2D eigenvalue weighted by molar-refractivity contribution is 9.10. The lowest BCUT2D eigenvalue weighted by molar-refractivity contribution is 0.0996. The number of hydrogen-bond acceptors (Lipinski definition) is 5. The topological polar surface area (TPSA) is 71.5 Å². The summed E-state index contributed by atoms with van der Waals surface area (Å²) in [5.41, 5.74) is 1.77. The quantitative estimate of drug-likeness (QED) is 0.572. The molecule has 3 aromatic rings. The van der Waals surface area contributed by atoms with Crippen LogP contribution in [0.15, 0.2) is 71.3 Å². The summed E-state index contributed by atoms with van der Waals surface area (Å²) in [7, 11) is 0. The Hall–Kier alpha value is -3.03. The Morgan fingerprint density at radius 3 is 2.30 bits per heavy atom. The van der Waals surface area contributed by atoms with Crippen molar-refractivity contribution in [1.82, 2.24) is 4.98 Å². The minimum absolute atomic E-state index is 0.200. The Labute approximate surface area is 183 Å². The van der Waals surface area contributed by atoms with Crippen molar-refractivity contribution in [3.63, 3.8) is 0 Å². The first-order chi connectivity index (χ1) is 14.6. The summed E-state index contributed by atoms with van der Waals surface area (Å²) in [6, 6.07) is 17.6. The van der Waals surface area contributed by atoms with Crippen LogP contribution in [0.3, 0.4) is 0 Å². The number of rotatable bonds is 5. The molecule has 4 rings (SSSR count). The van der Waals surface area contributed by atoms with Crippen LogP contribution in [0.4, 0.5) is 11.5 Å². The monoisotopic (exact) mass is 465 g/mol. The van der Waals surface area contributed by atoms with Crippen molar-refractivity contribution in [1.29, 1.82) is 0 Å². The van der Waals surface area contributed by atoms with Crippen LogP contribution < -0.4 is 10.2 Å². The Morgan fingerprint density at radius 2 is 1.63 bits per heavy atom. The molecular weight excluding hydrogens is 446 g/mol. The van der Waals surface area contributed by atoms with Gasteiger partial charge in [0, 0.05) is 28.7 Å². The van der Waals surface area contributed by atoms with Crippen LogP contribution >= 0.6 is 15.9 Å². The average molecular weight is 466 g/mol. The maximum Gasteiger partial charge on any atom is 0.256 e. The number of carbonyl (C=O) groups is 2. The van der Waals surface area contributed by atoms with Crippen LogP contribution in [0.2, 0.25) is 0 Å². The maximum absolute atomic E-state index is 12.9. The number of amides is 1. The molecule has 1 saturated heterocycles. The molecule has 30 heavy (non-hydrogen) atoms. The molecule has 6 nitrogen and oxygen atoms in total. The van der Waals surface area contributed by atoms with E-state index in [1.54, 1.807) is 54.7 Å². The van der Waals surface area contributed by atoms with Crippen molar-refractivity contribution in [3.05, 3.63) is 88.0 Å². The lowest BCUT2D eigenvalue weighted by Gasteiger charge is -2.27. The van der Waals surface area contributed by atoms with Crippen LogP contribution in [-0.2, 0) is 4.74 Å². The summed E-state index contributed by atoms with van der Waals surface area (Å²) >= 11 is 3.37. The number of aromatic nitrogens is 1. The highest BCUT2D eigenvalue weighted by Crippen LogP contribution is 2.20. The number of anilines is 2. The second kappa shape index (κ2) is 9.19. The van der Waals surface area contributed by atoms with Gasteiger partial charge in [-0.05, 0) is 42.5 Å². The third-order valence-corrected chi connectivity index (χ3v) is 5.39. The van der Waals surface area contributed by atoms with Gasteiger partial charge in [0.2, 0.25) is 0 Å². The molecule has 1 aliphatic heterocycles. The molecule has 0 atom stereocenters. The van der Waals surface area contributed by atoms with Gasteiger partial charge >= 0.3 is 0 Å². The second-order valence-electron chi connectivity index (χ2n) is 6.84. The minimum atomic E-state index is -0.350. The number of ether oxygens (including phenoxy) is 1. The van der Waals surface area contributed by atoms with E-state index in [0.717, 1.165) is 23.4 Å². The average Bonchev–Trinajstić information content (AvgIpc) is 2.80. The van der Waals surface area contributed by atoms with E-state index < -0.39 is 0 Å². The van der Waals surface area contributed by atoms with E-state index in [9.17, 15) is 9.59 Å². The van der Waals surface area contributed by atoms with Gasteiger partial charge < -0.3 is 15.0 Å². The van der Waals surface area contributed by atoms with E-state index in [1.165, 1.54) is 0 Å². The smallest absolute Gasteiger partial charge is 0.256 e. The summed E-state index contributed by atoms with van der Waals surface area (Å²) in [6.45, 7) is 2.96. The highest BCUT2D eigenvalue weighted by Gasteiger charge is 2.18. The number of carbonyl (C=O) groups excluding carboxylic acids is 2. The fourth-order valence-electron chi connectivity index (χ4n) is 3.27. The second-order valence-corrected chi connectivity index (χ2v) is 7.76. The van der Waals surface area contributed by atoms with Crippen LogP contribution in [0.25, 0.3) is 0 Å². The molecule has 0 radical (unpaired) electrons. The first-order valence-corrected chi connectivity index (χ1v) is 10.4. The Balaban J connectivity index is 1.51. The molecule has 152 valence electrons. The molecule has 0 saturated carbocycles. The van der Waals surface area contributed by atoms with Gasteiger partial charge in [-0.1, -0.05) is 34.1 Å². The van der Waals surface area contributed by atoms with Crippen molar-refractivity contribution in [2.24, 2.45) is 0 Å². The van der Waals surface area contributed by atoms with E-state index >= 15 is 0 Å². The summed E-state index contributed by atoms with van der Waals surface area (Å²) in [5, 5.41) is 2.84. The molecule has 0 unspecified atom stereocenters. The molecule has 2 aromatic carbocycles. The molecule has 7 heteroatoms. The van der Waals surface area contributed by atoms with Gasteiger partial charge in [-0.15, -0.1) is 0 Å². The van der Waals surface area contributed by atoms with Crippen molar-refractivity contribution >= 4 is 39.1 Å². The van der Waals surface area contributed by atoms with Crippen molar-refractivity contribution in [2.75, 3.05) is 36.5 Å². The third kappa shape index (κ3) is 4.58. The largest absolute Gasteiger partial charge is 0.378 e. The van der Waals surface area contributed by atoms with Gasteiger partial charge in [0.05, 0.1) is 30.7 Å². The highest BCUT2D eigenvalue weighted by atomic mass is 79.9. The zero-order chi connectivity index (χ0) is 20.9. The molecule has 0 bridgehead atoms. The Morgan fingerprint density at radius 1 is 0.933 bits per heavy atom. The predicted molar refractivity (Wildman–Crippen MR) is 119 cm³/mol. The van der Waals surface area contributed by atoms with Gasteiger partial charge in [-0.3, -0.25) is 9.59 Å². The number of pyridine rings is 1. The fourth-order valence-corrected chi connectivity index (χ4v) is 3.54. The number of hydrogen-bond donors (Lipinski definition) is 1. The van der Waals surface area contributed by atoms with E-state index in [1.807, 2.05) is 12.1 Å². The Kier molecular flexibility index (Phi) is 6.21. The van der Waals surface area contributed by atoms with Crippen molar-refractivity contribution in [2.45, 2.75) is 0 Å². The van der Waals surface area contributed by atoms with Crippen molar-refractivity contribution in [3.8, 4) is 0 Å². The predicted octanol–water partition coefficient (Wildman–Crippen LogP) is 4.16. The number of benzene rings is 2. The van der Waals surface area contributed by atoms with Gasteiger partial charge in [0.1, 0.15) is 5.82 Å². The van der Waals surface area contributed by atoms with E-state index in [-0.39, 0.29) is 11.7 Å². The minimum Gasteiger partial charge on any atom is -0.378 e. The Bertz CT molecular complexity index is 1050. The van der Waals surface area contributed by atoms with E-state index in [4.69, 9.17) is 4.74 Å². The lowest BCUT2D eigenvalue weighted by Crippen LogP contribution is -2.36. The van der Waals surface area contributed by atoms with Crippen LogP contribution in [0.5, 0.6) is 0 Å². The zero-order valence-corrected chi connectivity index (χ0v) is 17.8. The molecule has 0 spiro atoms. The molecular formula is C23H20BrN3O3. The standard InChI is InChI=1S/C23H20BrN3O3/c24-17-7-5-16(6-8-17)22(28)19-3-1-2-4-20(19)23(29)26-18-9-10-21(25-15-18)27-11-13-30-14-12-27/h1-10,15H,11-14H2,(H,26,29). The van der Waals surface area contributed by atoms with Crippen molar-refractivity contribution < 1.29 is 14.3 Å². The lowest BCUT2D eigenvalue weighted by atomic mass is 9.98. The number of nitrogens with one attached hydrogen (secondary N) is 1. The molecule has 2 heterocycles. The number of morpholine rings is 1. The molecule has 1 aromatic heterocycles. The normalized spacial score (nSPS) is 13.7. The molecule has 1 N–H and O–H groups in total. The number of ketones is 1. The summed E-state index contributed by atoms with van der Waals surface area (Å²) in [6.07, 6.45) is 1.63. The van der Waals surface area contributed by atoms with Gasteiger partial charge in [0.15, 0.2) is 5.78 Å². The first-order valence-electron chi connectivity index (χ1n) is 9.61. The SMILES string of the molecule is O=C(Nc1ccc(N2CCOCC2)nc1)c1ccccc1C(=O)c1ccc(Br)cc1. The van der Waals surface area contributed by atoms with Gasteiger partial charge in [-0.25, -0.2) is 4.98 Å². The van der Waals surface area contributed by atoms with E-state index in [0.29, 0.717) is 35.6 Å². The molecule has 1 fully saturated rings. The summed E-state index contributed by atoms with van der Waals surface area (Å²) in [5.74, 6) is 0.299. The van der Waals surface area contributed by atoms with Crippen LogP contribution in [0.1, 0.15) is 26.3 Å². The van der Waals surface area contributed by atoms with Crippen LogP contribution in [-0.4, -0.2) is 43.0 Å². The third-order valence-electron chi connectivity index (χ3n) is 4.86. The number of nitrogens with zero attached hydrogens (tertiary/aromatic N) is 2. The van der Waals surface area contributed by atoms with Gasteiger partial charge in [0.25, 0.3) is 5.91 Å². The van der Waals surface area contributed by atoms with Crippen LogP contribution in [0, 0.1) is 0 Å². The molecule has 1 aliphatic rings.